The number of alkyl halides is 1. The molecule has 0 unspecified atom stereocenters. The fourth-order valence-electron chi connectivity index (χ4n) is 0.597. The molecule has 0 aliphatic heterocycles. The molecule has 0 saturated heterocycles. The monoisotopic (exact) mass is 135 g/mol. The molecule has 0 aromatic carbocycles. The van der Waals surface area contributed by atoms with E-state index < -0.39 is 0 Å². The predicted molar refractivity (Wildman–Crippen MR) is 35.2 cm³/mol. The summed E-state index contributed by atoms with van der Waals surface area (Å²) in [5.74, 6) is 0. The van der Waals surface area contributed by atoms with Crippen LogP contribution in [-0.2, 0) is 0 Å². The normalized spacial score (nSPS) is 10.7. The van der Waals surface area contributed by atoms with Crippen LogP contribution in [0.15, 0.2) is 0 Å². The summed E-state index contributed by atoms with van der Waals surface area (Å²) >= 11 is 0. The van der Waals surface area contributed by atoms with Gasteiger partial charge in [-0.15, -0.1) is 0 Å². The number of aliphatic hydroxyl groups is 1. The van der Waals surface area contributed by atoms with E-state index in [2.05, 4.69) is 0 Å². The smallest absolute Gasteiger partial charge is 0.102 e. The number of aliphatic hydroxyl groups excluding tert-OH is 1. The molecule has 0 saturated carbocycles. The maximum Gasteiger partial charge on any atom is 0.102 e. The molecule has 0 aromatic heterocycles. The summed E-state index contributed by atoms with van der Waals surface area (Å²) in [5.41, 5.74) is 0. The molecule has 1 N–H and O–H groups in total. The van der Waals surface area contributed by atoms with E-state index in [1.807, 2.05) is 11.9 Å². The Labute approximate surface area is 55.3 Å². The third-order valence-electron chi connectivity index (χ3n) is 1.16. The Balaban J connectivity index is 2.95. The molecule has 9 heavy (non-hydrogen) atoms. The van der Waals surface area contributed by atoms with Crippen molar-refractivity contribution in [2.45, 2.75) is 6.42 Å². The minimum Gasteiger partial charge on any atom is -0.396 e. The fourth-order valence-corrected chi connectivity index (χ4v) is 0.597. The highest BCUT2D eigenvalue weighted by Gasteiger charge is 1.94. The average molecular weight is 135 g/mol. The van der Waals surface area contributed by atoms with Gasteiger partial charge in [-0.1, -0.05) is 0 Å². The molecule has 56 valence electrons. The van der Waals surface area contributed by atoms with Gasteiger partial charge in [0.05, 0.1) is 0 Å². The van der Waals surface area contributed by atoms with Gasteiger partial charge in [-0.3, -0.25) is 0 Å². The van der Waals surface area contributed by atoms with Crippen molar-refractivity contribution in [3.63, 3.8) is 0 Å². The molecule has 0 rings (SSSR count). The molecule has 2 nitrogen and oxygen atoms in total. The quantitative estimate of drug-likeness (QED) is 0.585. The van der Waals surface area contributed by atoms with Gasteiger partial charge in [0.25, 0.3) is 0 Å². The van der Waals surface area contributed by atoms with Crippen molar-refractivity contribution in [2.75, 3.05) is 33.4 Å². The first kappa shape index (κ1) is 8.85. The first-order valence-electron chi connectivity index (χ1n) is 3.16. The summed E-state index contributed by atoms with van der Waals surface area (Å²) in [6, 6.07) is 0. The lowest BCUT2D eigenvalue weighted by Gasteiger charge is -2.12. The molecular formula is C6H14FNO. The fraction of sp³-hybridized carbons (Fsp3) is 1.00. The molecule has 0 heterocycles. The van der Waals surface area contributed by atoms with Gasteiger partial charge < -0.3 is 10.0 Å². The van der Waals surface area contributed by atoms with Crippen molar-refractivity contribution in [2.24, 2.45) is 0 Å². The predicted octanol–water partition coefficient (Wildman–Crippen LogP) is 0.270. The van der Waals surface area contributed by atoms with Crippen LogP contribution in [0.4, 0.5) is 4.39 Å². The Hall–Kier alpha value is -0.150. The molecule has 0 atom stereocenters. The van der Waals surface area contributed by atoms with E-state index in [0.29, 0.717) is 6.54 Å². The SMILES string of the molecule is CN(CCF)CCCO. The van der Waals surface area contributed by atoms with Crippen molar-refractivity contribution < 1.29 is 9.50 Å². The lowest BCUT2D eigenvalue weighted by molar-refractivity contribution is 0.237. The van der Waals surface area contributed by atoms with Crippen molar-refractivity contribution in [1.29, 1.82) is 0 Å². The zero-order chi connectivity index (χ0) is 7.11. The van der Waals surface area contributed by atoms with Gasteiger partial charge in [-0.05, 0) is 13.5 Å². The Morgan fingerprint density at radius 3 is 2.56 bits per heavy atom. The zero-order valence-corrected chi connectivity index (χ0v) is 5.81. The van der Waals surface area contributed by atoms with Crippen LogP contribution in [0.3, 0.4) is 0 Å². The van der Waals surface area contributed by atoms with Crippen molar-refractivity contribution >= 4 is 0 Å². The van der Waals surface area contributed by atoms with Gasteiger partial charge in [0.15, 0.2) is 0 Å². The first-order valence-corrected chi connectivity index (χ1v) is 3.16. The number of nitrogens with zero attached hydrogens (tertiary/aromatic N) is 1. The van der Waals surface area contributed by atoms with E-state index in [0.717, 1.165) is 13.0 Å². The Morgan fingerprint density at radius 2 is 2.11 bits per heavy atom. The van der Waals surface area contributed by atoms with E-state index >= 15 is 0 Å². The summed E-state index contributed by atoms with van der Waals surface area (Å²) < 4.78 is 11.6. The van der Waals surface area contributed by atoms with Crippen LogP contribution in [0.2, 0.25) is 0 Å². The lowest BCUT2D eigenvalue weighted by Crippen LogP contribution is -2.22. The van der Waals surface area contributed by atoms with E-state index in [1.165, 1.54) is 0 Å². The second-order valence-corrected chi connectivity index (χ2v) is 2.07. The largest absolute Gasteiger partial charge is 0.396 e. The molecule has 0 spiro atoms. The van der Waals surface area contributed by atoms with Crippen molar-refractivity contribution in [3.05, 3.63) is 0 Å². The number of hydrogen-bond acceptors (Lipinski definition) is 2. The highest BCUT2D eigenvalue weighted by Crippen LogP contribution is 1.85. The number of hydrogen-bond donors (Lipinski definition) is 1. The third-order valence-corrected chi connectivity index (χ3v) is 1.16. The van der Waals surface area contributed by atoms with Gasteiger partial charge >= 0.3 is 0 Å². The van der Waals surface area contributed by atoms with E-state index in [9.17, 15) is 4.39 Å². The molecular weight excluding hydrogens is 121 g/mol. The topological polar surface area (TPSA) is 23.5 Å². The maximum absolute atomic E-state index is 11.6. The van der Waals surface area contributed by atoms with Crippen LogP contribution in [0.5, 0.6) is 0 Å². The summed E-state index contributed by atoms with van der Waals surface area (Å²) in [6.07, 6.45) is 0.733. The summed E-state index contributed by atoms with van der Waals surface area (Å²) in [4.78, 5) is 1.86. The van der Waals surface area contributed by atoms with Crippen LogP contribution < -0.4 is 0 Å². The van der Waals surface area contributed by atoms with Crippen molar-refractivity contribution in [1.82, 2.24) is 4.90 Å². The van der Waals surface area contributed by atoms with E-state index in [4.69, 9.17) is 5.11 Å². The van der Waals surface area contributed by atoms with E-state index in [1.54, 1.807) is 0 Å². The van der Waals surface area contributed by atoms with Crippen LogP contribution in [-0.4, -0.2) is 43.4 Å². The first-order chi connectivity index (χ1) is 4.31. The highest BCUT2D eigenvalue weighted by atomic mass is 19.1. The minimum atomic E-state index is -0.304. The van der Waals surface area contributed by atoms with Gasteiger partial charge in [0, 0.05) is 19.7 Å². The Kier molecular flexibility index (Phi) is 5.88. The standard InChI is InChI=1S/C6H14FNO/c1-8(5-3-7)4-2-6-9/h9H,2-6H2,1H3. The van der Waals surface area contributed by atoms with Crippen LogP contribution in [0.25, 0.3) is 0 Å². The van der Waals surface area contributed by atoms with Gasteiger partial charge in [0.1, 0.15) is 6.67 Å². The molecule has 0 fully saturated rings. The average Bonchev–Trinajstić information content (AvgIpc) is 1.85. The van der Waals surface area contributed by atoms with Gasteiger partial charge in [-0.2, -0.15) is 0 Å². The molecule has 0 aliphatic rings. The molecule has 0 aliphatic carbocycles. The molecule has 0 bridgehead atoms. The Bertz CT molecular complexity index is 61.0. The van der Waals surface area contributed by atoms with E-state index in [-0.39, 0.29) is 13.3 Å². The molecule has 3 heteroatoms. The zero-order valence-electron chi connectivity index (χ0n) is 5.81. The minimum absolute atomic E-state index is 0.191. The summed E-state index contributed by atoms with van der Waals surface area (Å²) in [6.45, 7) is 1.14. The van der Waals surface area contributed by atoms with Crippen LogP contribution in [0, 0.1) is 0 Å². The van der Waals surface area contributed by atoms with Gasteiger partial charge in [-0.25, -0.2) is 4.39 Å². The molecule has 0 aromatic rings. The third kappa shape index (κ3) is 5.73. The molecule has 0 radical (unpaired) electrons. The highest BCUT2D eigenvalue weighted by molar-refractivity contribution is 4.48. The van der Waals surface area contributed by atoms with Crippen molar-refractivity contribution in [3.8, 4) is 0 Å². The Morgan fingerprint density at radius 1 is 1.44 bits per heavy atom. The summed E-state index contributed by atoms with van der Waals surface area (Å²) in [5, 5.41) is 8.36. The number of halogens is 1. The molecule has 0 amide bonds. The maximum atomic E-state index is 11.6. The van der Waals surface area contributed by atoms with Crippen LogP contribution in [0.1, 0.15) is 6.42 Å². The number of rotatable bonds is 5. The van der Waals surface area contributed by atoms with Crippen LogP contribution >= 0.6 is 0 Å². The summed E-state index contributed by atoms with van der Waals surface area (Å²) in [7, 11) is 1.84. The second kappa shape index (κ2) is 5.98. The van der Waals surface area contributed by atoms with Gasteiger partial charge in [0.2, 0.25) is 0 Å². The lowest BCUT2D eigenvalue weighted by atomic mass is 10.4. The second-order valence-electron chi connectivity index (χ2n) is 2.07.